The van der Waals surface area contributed by atoms with Gasteiger partial charge in [0.05, 0.1) is 10.5 Å². The maximum Gasteiger partial charge on any atom is 0.248 e. The highest BCUT2D eigenvalue weighted by Gasteiger charge is 2.47. The zero-order valence-corrected chi connectivity index (χ0v) is 27.5. The summed E-state index contributed by atoms with van der Waals surface area (Å²) in [6, 6.07) is 6.91. The lowest BCUT2D eigenvalue weighted by atomic mass is 9.80. The summed E-state index contributed by atoms with van der Waals surface area (Å²) >= 11 is 0. The lowest BCUT2D eigenvalue weighted by Gasteiger charge is -2.33. The van der Waals surface area contributed by atoms with Crippen LogP contribution in [0.2, 0.25) is 0 Å². The number of hydrogen-bond donors (Lipinski definition) is 5. The predicted octanol–water partition coefficient (Wildman–Crippen LogP) is 1.76. The minimum atomic E-state index is -3.79. The highest BCUT2D eigenvalue weighted by atomic mass is 32.2. The molecule has 0 aliphatic heterocycles. The van der Waals surface area contributed by atoms with Crippen molar-refractivity contribution in [2.45, 2.75) is 109 Å². The van der Waals surface area contributed by atoms with E-state index >= 15 is 0 Å². The molecule has 1 aromatic rings. The molecular weight excluding hydrogens is 570 g/mol. The standard InChI is InChI=1S/C31H53N5O6S/c1-7-13-24(28(39)35-25(27(33)38)18-21(2)3)36-29(40)31(34,16-11-12-17-32)26(37)23(19-22-14-9-8-10-15-22)20-43(41,42)30(4,5)6/h8-10,14-15,21,23-25H,7,11-13,16-20,32,34H2,1-6H3,(H2,33,38)(H,35,39)(H,36,40)/t23?,24-,25-,31+/m0/s1. The molecule has 0 spiro atoms. The summed E-state index contributed by atoms with van der Waals surface area (Å²) in [5.74, 6) is -4.46. The van der Waals surface area contributed by atoms with Gasteiger partial charge in [0.2, 0.25) is 17.7 Å². The fraction of sp³-hybridized carbons (Fsp3) is 0.677. The molecule has 0 aliphatic carbocycles. The van der Waals surface area contributed by atoms with Crippen molar-refractivity contribution in [2.24, 2.45) is 29.0 Å². The number of hydrogen-bond acceptors (Lipinski definition) is 8. The van der Waals surface area contributed by atoms with Gasteiger partial charge < -0.3 is 27.8 Å². The molecule has 43 heavy (non-hydrogen) atoms. The minimum Gasteiger partial charge on any atom is -0.368 e. The lowest BCUT2D eigenvalue weighted by Crippen LogP contribution is -2.65. The van der Waals surface area contributed by atoms with Crippen LogP contribution in [0.3, 0.4) is 0 Å². The number of unbranched alkanes of at least 4 members (excludes halogenated alkanes) is 1. The van der Waals surface area contributed by atoms with Crippen LogP contribution in [0, 0.1) is 11.8 Å². The molecule has 3 amide bonds. The second-order valence-corrected chi connectivity index (χ2v) is 15.6. The number of Topliss-reactive ketones (excluding diaryl/α,β-unsaturated/α-hetero) is 1. The van der Waals surface area contributed by atoms with Gasteiger partial charge in [-0.1, -0.05) is 57.5 Å². The summed E-state index contributed by atoms with van der Waals surface area (Å²) in [7, 11) is -3.79. The first kappa shape index (κ1) is 38.2. The van der Waals surface area contributed by atoms with Gasteiger partial charge in [0.25, 0.3) is 0 Å². The molecule has 1 unspecified atom stereocenters. The van der Waals surface area contributed by atoms with E-state index in [4.69, 9.17) is 17.2 Å². The average Bonchev–Trinajstić information content (AvgIpc) is 2.91. The molecule has 4 atom stereocenters. The van der Waals surface area contributed by atoms with Crippen LogP contribution in [0.1, 0.15) is 85.6 Å². The number of ketones is 1. The van der Waals surface area contributed by atoms with Crippen molar-refractivity contribution in [1.82, 2.24) is 10.6 Å². The third kappa shape index (κ3) is 11.6. The number of nitrogens with one attached hydrogen (secondary N) is 2. The van der Waals surface area contributed by atoms with E-state index in [2.05, 4.69) is 10.6 Å². The van der Waals surface area contributed by atoms with Crippen LogP contribution in [-0.4, -0.2) is 66.6 Å². The summed E-state index contributed by atoms with van der Waals surface area (Å²) < 4.78 is 25.5. The normalized spacial score (nSPS) is 15.7. The fourth-order valence-corrected chi connectivity index (χ4v) is 6.04. The second-order valence-electron chi connectivity index (χ2n) is 12.8. The van der Waals surface area contributed by atoms with Gasteiger partial charge in [0, 0.05) is 5.92 Å². The Morgan fingerprint density at radius 1 is 0.953 bits per heavy atom. The van der Waals surface area contributed by atoms with Crippen molar-refractivity contribution in [3.63, 3.8) is 0 Å². The third-order valence-corrected chi connectivity index (χ3v) is 10.2. The van der Waals surface area contributed by atoms with Gasteiger partial charge in [-0.15, -0.1) is 0 Å². The summed E-state index contributed by atoms with van der Waals surface area (Å²) in [6.07, 6.45) is 1.82. The molecule has 1 rings (SSSR count). The smallest absolute Gasteiger partial charge is 0.248 e. The van der Waals surface area contributed by atoms with E-state index in [-0.39, 0.29) is 25.2 Å². The average molecular weight is 624 g/mol. The molecule has 0 heterocycles. The van der Waals surface area contributed by atoms with Crippen LogP contribution >= 0.6 is 0 Å². The molecule has 244 valence electrons. The van der Waals surface area contributed by atoms with Crippen molar-refractivity contribution >= 4 is 33.3 Å². The Morgan fingerprint density at radius 2 is 1.56 bits per heavy atom. The van der Waals surface area contributed by atoms with Gasteiger partial charge >= 0.3 is 0 Å². The lowest BCUT2D eigenvalue weighted by molar-refractivity contribution is -0.140. The van der Waals surface area contributed by atoms with E-state index in [1.54, 1.807) is 45.0 Å². The molecule has 0 radical (unpaired) electrons. The van der Waals surface area contributed by atoms with Crippen molar-refractivity contribution in [3.05, 3.63) is 35.9 Å². The quantitative estimate of drug-likeness (QED) is 0.113. The van der Waals surface area contributed by atoms with Crippen LogP contribution in [0.25, 0.3) is 0 Å². The van der Waals surface area contributed by atoms with Gasteiger partial charge in [0.1, 0.15) is 12.1 Å². The van der Waals surface area contributed by atoms with E-state index in [9.17, 15) is 27.6 Å². The second kappa shape index (κ2) is 16.9. The molecular formula is C31H53N5O6S. The Hall–Kier alpha value is -2.83. The minimum absolute atomic E-state index is 0.0620. The number of benzene rings is 1. The molecule has 0 saturated carbocycles. The predicted molar refractivity (Wildman–Crippen MR) is 169 cm³/mol. The number of amides is 3. The number of carbonyl (C=O) groups is 4. The number of nitrogens with two attached hydrogens (primary N) is 3. The largest absolute Gasteiger partial charge is 0.368 e. The van der Waals surface area contributed by atoms with Crippen LogP contribution in [0.5, 0.6) is 0 Å². The number of primary amides is 1. The Morgan fingerprint density at radius 3 is 2.05 bits per heavy atom. The Kier molecular flexibility index (Phi) is 15.0. The molecule has 0 fully saturated rings. The van der Waals surface area contributed by atoms with Crippen molar-refractivity contribution in [1.29, 1.82) is 0 Å². The zero-order chi connectivity index (χ0) is 33.0. The number of rotatable bonds is 19. The molecule has 11 nitrogen and oxygen atoms in total. The first-order chi connectivity index (χ1) is 19.9. The molecule has 0 aromatic heterocycles. The van der Waals surface area contributed by atoms with Gasteiger partial charge in [0.15, 0.2) is 21.2 Å². The van der Waals surface area contributed by atoms with Crippen molar-refractivity contribution in [3.8, 4) is 0 Å². The first-order valence-corrected chi connectivity index (χ1v) is 16.7. The number of sulfone groups is 1. The molecule has 12 heteroatoms. The van der Waals surface area contributed by atoms with E-state index in [0.29, 0.717) is 32.2 Å². The molecule has 0 saturated heterocycles. The van der Waals surface area contributed by atoms with Crippen LogP contribution in [0.4, 0.5) is 0 Å². The summed E-state index contributed by atoms with van der Waals surface area (Å²) in [4.78, 5) is 53.4. The van der Waals surface area contributed by atoms with E-state index in [1.807, 2.05) is 26.8 Å². The van der Waals surface area contributed by atoms with Crippen LogP contribution < -0.4 is 27.8 Å². The highest BCUT2D eigenvalue weighted by molar-refractivity contribution is 7.92. The Balaban J connectivity index is 3.48. The first-order valence-electron chi connectivity index (χ1n) is 15.1. The maximum absolute atomic E-state index is 14.3. The van der Waals surface area contributed by atoms with E-state index in [0.717, 1.165) is 5.56 Å². The van der Waals surface area contributed by atoms with Gasteiger partial charge in [-0.3, -0.25) is 19.2 Å². The Bertz CT molecular complexity index is 1180. The molecule has 1 aromatic carbocycles. The third-order valence-electron chi connectivity index (χ3n) is 7.49. The maximum atomic E-state index is 14.3. The highest BCUT2D eigenvalue weighted by Crippen LogP contribution is 2.27. The monoisotopic (exact) mass is 623 g/mol. The fourth-order valence-electron chi connectivity index (χ4n) is 4.74. The van der Waals surface area contributed by atoms with Crippen molar-refractivity contribution < 1.29 is 27.6 Å². The Labute approximate surface area is 257 Å². The zero-order valence-electron chi connectivity index (χ0n) is 26.6. The molecule has 0 aliphatic rings. The summed E-state index contributed by atoms with van der Waals surface area (Å²) in [6.45, 7) is 10.6. The topological polar surface area (TPSA) is 205 Å². The number of carbonyl (C=O) groups excluding carboxylic acids is 4. The van der Waals surface area contributed by atoms with E-state index in [1.165, 1.54) is 0 Å². The SMILES string of the molecule is CCC[C@H](NC(=O)[C@@](N)(CCCCN)C(=O)C(Cc1ccccc1)CS(=O)(=O)C(C)(C)C)C(=O)N[C@@H](CC(C)C)C(N)=O. The van der Waals surface area contributed by atoms with Gasteiger partial charge in [-0.2, -0.15) is 0 Å². The van der Waals surface area contributed by atoms with Crippen molar-refractivity contribution in [2.75, 3.05) is 12.3 Å². The summed E-state index contributed by atoms with van der Waals surface area (Å²) in [5.41, 5.74) is 16.4. The summed E-state index contributed by atoms with van der Waals surface area (Å²) in [5, 5.41) is 5.27. The van der Waals surface area contributed by atoms with Gasteiger partial charge in [-0.25, -0.2) is 8.42 Å². The van der Waals surface area contributed by atoms with E-state index < -0.39 is 67.4 Å². The van der Waals surface area contributed by atoms with Crippen LogP contribution in [0.15, 0.2) is 30.3 Å². The van der Waals surface area contributed by atoms with Crippen LogP contribution in [-0.2, 0) is 35.4 Å². The molecule has 0 bridgehead atoms. The molecule has 8 N–H and O–H groups in total. The van der Waals surface area contributed by atoms with Gasteiger partial charge in [-0.05, 0) is 77.3 Å².